The number of amides is 3. The molecule has 0 spiro atoms. The number of benzene rings is 1. The Labute approximate surface area is 176 Å². The van der Waals surface area contributed by atoms with E-state index in [1.807, 2.05) is 0 Å². The van der Waals surface area contributed by atoms with Crippen LogP contribution in [0.15, 0.2) is 24.3 Å². The third-order valence-electron chi connectivity index (χ3n) is 3.83. The summed E-state index contributed by atoms with van der Waals surface area (Å²) in [6.45, 7) is 10.4. The average molecular weight is 421 g/mol. The fraction of sp³-hybridized carbons (Fsp3) is 0.524. The first kappa shape index (κ1) is 24.9. The van der Waals surface area contributed by atoms with Crippen molar-refractivity contribution in [3.63, 3.8) is 0 Å². The Bertz CT molecular complexity index is 755. The van der Waals surface area contributed by atoms with Crippen molar-refractivity contribution in [1.82, 2.24) is 10.6 Å². The quantitative estimate of drug-likeness (QED) is 0.555. The minimum atomic E-state index is -0.850. The second-order valence-electron chi connectivity index (χ2n) is 7.62. The number of carbonyl (C=O) groups excluding carboxylic acids is 4. The SMILES string of the molecule is CCOC(=O)c1ccc(NC(=O)[C@H](C)NC(=O)[C@H](CC)NC(=O)OC(C)(C)C)cc1. The van der Waals surface area contributed by atoms with E-state index < -0.39 is 41.6 Å². The molecule has 0 saturated heterocycles. The number of ether oxygens (including phenoxy) is 2. The predicted molar refractivity (Wildman–Crippen MR) is 112 cm³/mol. The van der Waals surface area contributed by atoms with E-state index >= 15 is 0 Å². The molecular weight excluding hydrogens is 390 g/mol. The maximum atomic E-state index is 12.4. The molecule has 2 atom stereocenters. The van der Waals surface area contributed by atoms with Crippen LogP contribution in [-0.4, -0.2) is 48.2 Å². The monoisotopic (exact) mass is 421 g/mol. The van der Waals surface area contributed by atoms with E-state index in [0.717, 1.165) is 0 Å². The van der Waals surface area contributed by atoms with Gasteiger partial charge in [0.05, 0.1) is 12.2 Å². The molecule has 0 aliphatic rings. The van der Waals surface area contributed by atoms with Crippen molar-refractivity contribution >= 4 is 29.6 Å². The molecule has 1 aromatic rings. The predicted octanol–water partition coefficient (Wildman–Crippen LogP) is 2.61. The molecule has 30 heavy (non-hydrogen) atoms. The van der Waals surface area contributed by atoms with Gasteiger partial charge in [0.25, 0.3) is 0 Å². The lowest BCUT2D eigenvalue weighted by atomic mass is 10.1. The van der Waals surface area contributed by atoms with Crippen LogP contribution in [0, 0.1) is 0 Å². The molecular formula is C21H31N3O6. The van der Waals surface area contributed by atoms with E-state index in [2.05, 4.69) is 16.0 Å². The van der Waals surface area contributed by atoms with Crippen LogP contribution in [0.1, 0.15) is 58.3 Å². The highest BCUT2D eigenvalue weighted by molar-refractivity contribution is 5.98. The van der Waals surface area contributed by atoms with Crippen LogP contribution in [0.2, 0.25) is 0 Å². The molecule has 9 heteroatoms. The normalized spacial score (nSPS) is 12.9. The molecule has 0 aromatic heterocycles. The van der Waals surface area contributed by atoms with E-state index in [4.69, 9.17) is 9.47 Å². The van der Waals surface area contributed by atoms with Gasteiger partial charge in [-0.1, -0.05) is 6.92 Å². The molecule has 1 aromatic carbocycles. The number of rotatable bonds is 8. The van der Waals surface area contributed by atoms with Gasteiger partial charge in [-0.2, -0.15) is 0 Å². The third-order valence-corrected chi connectivity index (χ3v) is 3.83. The molecule has 0 aliphatic carbocycles. The van der Waals surface area contributed by atoms with E-state index in [1.54, 1.807) is 46.8 Å². The fourth-order valence-corrected chi connectivity index (χ4v) is 2.34. The largest absolute Gasteiger partial charge is 0.462 e. The van der Waals surface area contributed by atoms with Gasteiger partial charge in [-0.15, -0.1) is 0 Å². The van der Waals surface area contributed by atoms with Crippen LogP contribution in [0.3, 0.4) is 0 Å². The van der Waals surface area contributed by atoms with E-state index in [-0.39, 0.29) is 6.61 Å². The highest BCUT2D eigenvalue weighted by atomic mass is 16.6. The Hall–Kier alpha value is -3.10. The Morgan fingerprint density at radius 2 is 1.57 bits per heavy atom. The lowest BCUT2D eigenvalue weighted by molar-refractivity contribution is -0.127. The van der Waals surface area contributed by atoms with E-state index in [0.29, 0.717) is 17.7 Å². The maximum absolute atomic E-state index is 12.4. The lowest BCUT2D eigenvalue weighted by Gasteiger charge is -2.23. The van der Waals surface area contributed by atoms with Crippen molar-refractivity contribution in [2.75, 3.05) is 11.9 Å². The molecule has 0 saturated carbocycles. The van der Waals surface area contributed by atoms with Gasteiger partial charge < -0.3 is 25.4 Å². The number of anilines is 1. The molecule has 0 heterocycles. The summed E-state index contributed by atoms with van der Waals surface area (Å²) in [5, 5.41) is 7.72. The van der Waals surface area contributed by atoms with Gasteiger partial charge in [0, 0.05) is 5.69 Å². The Morgan fingerprint density at radius 1 is 0.967 bits per heavy atom. The highest BCUT2D eigenvalue weighted by Gasteiger charge is 2.25. The molecule has 1 rings (SSSR count). The minimum Gasteiger partial charge on any atom is -0.462 e. The van der Waals surface area contributed by atoms with Crippen molar-refractivity contribution in [2.24, 2.45) is 0 Å². The summed E-state index contributed by atoms with van der Waals surface area (Å²) in [6, 6.07) is 4.52. The second-order valence-corrected chi connectivity index (χ2v) is 7.62. The lowest BCUT2D eigenvalue weighted by Crippen LogP contribution is -2.52. The van der Waals surface area contributed by atoms with Gasteiger partial charge >= 0.3 is 12.1 Å². The van der Waals surface area contributed by atoms with Crippen molar-refractivity contribution in [2.45, 2.75) is 65.6 Å². The zero-order valence-corrected chi connectivity index (χ0v) is 18.3. The Morgan fingerprint density at radius 3 is 2.07 bits per heavy atom. The Balaban J connectivity index is 2.62. The number of carbonyl (C=O) groups is 4. The van der Waals surface area contributed by atoms with Crippen molar-refractivity contribution < 1.29 is 28.7 Å². The van der Waals surface area contributed by atoms with E-state index in [9.17, 15) is 19.2 Å². The van der Waals surface area contributed by atoms with Crippen LogP contribution in [0.5, 0.6) is 0 Å². The van der Waals surface area contributed by atoms with Gasteiger partial charge in [0.15, 0.2) is 0 Å². The van der Waals surface area contributed by atoms with E-state index in [1.165, 1.54) is 19.1 Å². The van der Waals surface area contributed by atoms with Crippen LogP contribution in [0.25, 0.3) is 0 Å². The molecule has 0 unspecified atom stereocenters. The number of hydrogen-bond donors (Lipinski definition) is 3. The summed E-state index contributed by atoms with van der Waals surface area (Å²) in [5.41, 5.74) is 0.151. The molecule has 0 radical (unpaired) electrons. The van der Waals surface area contributed by atoms with Gasteiger partial charge in [-0.25, -0.2) is 9.59 Å². The molecule has 0 fully saturated rings. The Kier molecular flexibility index (Phi) is 9.29. The third kappa shape index (κ3) is 8.50. The highest BCUT2D eigenvalue weighted by Crippen LogP contribution is 2.11. The van der Waals surface area contributed by atoms with Crippen LogP contribution in [-0.2, 0) is 19.1 Å². The summed E-state index contributed by atoms with van der Waals surface area (Å²) < 4.78 is 10.1. The summed E-state index contributed by atoms with van der Waals surface area (Å²) in [6.07, 6.45) is -0.377. The summed E-state index contributed by atoms with van der Waals surface area (Å²) in [4.78, 5) is 48.3. The topological polar surface area (TPSA) is 123 Å². The van der Waals surface area contributed by atoms with Gasteiger partial charge in [-0.05, 0) is 65.3 Å². The van der Waals surface area contributed by atoms with Gasteiger partial charge in [0.2, 0.25) is 11.8 Å². The molecule has 166 valence electrons. The standard InChI is InChI=1S/C21H31N3O6/c1-7-16(24-20(28)30-21(4,5)6)18(26)22-13(3)17(25)23-15-11-9-14(10-12-15)19(27)29-8-2/h9-13,16H,7-8H2,1-6H3,(H,22,26)(H,23,25)(H,24,28)/t13-,16-/m0/s1. The average Bonchev–Trinajstić information content (AvgIpc) is 2.65. The molecule has 3 amide bonds. The second kappa shape index (κ2) is 11.2. The van der Waals surface area contributed by atoms with Gasteiger partial charge in [0.1, 0.15) is 17.7 Å². The zero-order valence-electron chi connectivity index (χ0n) is 18.3. The van der Waals surface area contributed by atoms with Crippen LogP contribution >= 0.6 is 0 Å². The zero-order chi connectivity index (χ0) is 22.9. The number of nitrogens with one attached hydrogen (secondary N) is 3. The first-order valence-electron chi connectivity index (χ1n) is 9.84. The van der Waals surface area contributed by atoms with Crippen molar-refractivity contribution in [1.29, 1.82) is 0 Å². The van der Waals surface area contributed by atoms with Gasteiger partial charge in [-0.3, -0.25) is 9.59 Å². The molecule has 9 nitrogen and oxygen atoms in total. The summed E-state index contributed by atoms with van der Waals surface area (Å²) in [7, 11) is 0. The molecule has 0 aliphatic heterocycles. The maximum Gasteiger partial charge on any atom is 0.408 e. The molecule has 3 N–H and O–H groups in total. The fourth-order valence-electron chi connectivity index (χ4n) is 2.34. The number of alkyl carbamates (subject to hydrolysis) is 1. The summed E-state index contributed by atoms with van der Waals surface area (Å²) in [5.74, 6) is -1.39. The number of hydrogen-bond acceptors (Lipinski definition) is 6. The first-order valence-corrected chi connectivity index (χ1v) is 9.84. The smallest absolute Gasteiger partial charge is 0.408 e. The van der Waals surface area contributed by atoms with Crippen molar-refractivity contribution in [3.8, 4) is 0 Å². The molecule has 0 bridgehead atoms. The summed E-state index contributed by atoms with van der Waals surface area (Å²) >= 11 is 0. The first-order chi connectivity index (χ1) is 14.0. The van der Waals surface area contributed by atoms with Crippen LogP contribution in [0.4, 0.5) is 10.5 Å². The number of esters is 1. The van der Waals surface area contributed by atoms with Crippen molar-refractivity contribution in [3.05, 3.63) is 29.8 Å². The minimum absolute atomic E-state index is 0.274. The van der Waals surface area contributed by atoms with Crippen LogP contribution < -0.4 is 16.0 Å².